The van der Waals surface area contributed by atoms with Gasteiger partial charge in [0.05, 0.1) is 23.4 Å². The highest BCUT2D eigenvalue weighted by Gasteiger charge is 2.19. The molecule has 4 nitrogen and oxygen atoms in total. The molecule has 0 atom stereocenters. The minimum Gasteiger partial charge on any atom is -0.462 e. The van der Waals surface area contributed by atoms with Gasteiger partial charge in [-0.2, -0.15) is 0 Å². The topological polar surface area (TPSA) is 57.2 Å². The van der Waals surface area contributed by atoms with Gasteiger partial charge in [0.2, 0.25) is 0 Å². The summed E-state index contributed by atoms with van der Waals surface area (Å²) >= 11 is 0. The largest absolute Gasteiger partial charge is 0.462 e. The van der Waals surface area contributed by atoms with E-state index in [0.29, 0.717) is 12.2 Å². The van der Waals surface area contributed by atoms with Gasteiger partial charge in [0.1, 0.15) is 0 Å². The molecule has 2 N–H and O–H groups in total. The Bertz CT molecular complexity index is 585. The molecular weight excluding hydrogens is 216 g/mol. The molecule has 1 aromatic carbocycles. The van der Waals surface area contributed by atoms with Crippen molar-refractivity contribution in [2.45, 2.75) is 20.8 Å². The van der Waals surface area contributed by atoms with E-state index < -0.39 is 0 Å². The Morgan fingerprint density at radius 1 is 1.41 bits per heavy atom. The molecule has 0 amide bonds. The number of hydrogen-bond donors (Lipinski definition) is 1. The molecule has 0 radical (unpaired) electrons. The fourth-order valence-corrected chi connectivity index (χ4v) is 2.01. The number of fused-ring (bicyclic) bond motifs is 1. The van der Waals surface area contributed by atoms with Gasteiger partial charge in [0.25, 0.3) is 0 Å². The van der Waals surface area contributed by atoms with E-state index >= 15 is 0 Å². The van der Waals surface area contributed by atoms with Gasteiger partial charge in [-0.3, -0.25) is 4.68 Å². The van der Waals surface area contributed by atoms with Gasteiger partial charge in [-0.25, -0.2) is 4.79 Å². The highest BCUT2D eigenvalue weighted by Crippen LogP contribution is 2.25. The summed E-state index contributed by atoms with van der Waals surface area (Å²) in [5.41, 5.74) is 3.25. The van der Waals surface area contributed by atoms with Gasteiger partial charge < -0.3 is 10.6 Å². The van der Waals surface area contributed by atoms with Crippen molar-refractivity contribution in [3.05, 3.63) is 35.0 Å². The maximum atomic E-state index is 11.9. The van der Waals surface area contributed by atoms with E-state index in [2.05, 4.69) is 0 Å². The van der Waals surface area contributed by atoms with E-state index in [9.17, 15) is 4.79 Å². The van der Waals surface area contributed by atoms with E-state index in [-0.39, 0.29) is 5.97 Å². The monoisotopic (exact) mass is 232 g/mol. The number of aromatic nitrogens is 1. The fourth-order valence-electron chi connectivity index (χ4n) is 2.01. The average Bonchev–Trinajstić information content (AvgIpc) is 2.53. The van der Waals surface area contributed by atoms with Crippen molar-refractivity contribution < 1.29 is 9.53 Å². The highest BCUT2D eigenvalue weighted by atomic mass is 16.5. The molecule has 0 unspecified atom stereocenters. The molecule has 0 bridgehead atoms. The number of hydrogen-bond acceptors (Lipinski definition) is 3. The molecule has 1 aromatic heterocycles. The van der Waals surface area contributed by atoms with E-state index in [1.807, 2.05) is 32.0 Å². The molecule has 0 spiro atoms. The summed E-state index contributed by atoms with van der Waals surface area (Å²) in [6, 6.07) is 5.84. The van der Waals surface area contributed by atoms with Crippen LogP contribution in [0.5, 0.6) is 0 Å². The SMILES string of the molecule is CCOC(=O)c1c(C)n(N)c2cc(C)ccc12. The first-order valence-corrected chi connectivity index (χ1v) is 5.60. The van der Waals surface area contributed by atoms with Gasteiger partial charge in [0, 0.05) is 5.39 Å². The summed E-state index contributed by atoms with van der Waals surface area (Å²) in [5.74, 6) is 5.63. The molecular formula is C13H16N2O2. The number of ether oxygens (including phenoxy) is 1. The van der Waals surface area contributed by atoms with Crippen LogP contribution in [0.4, 0.5) is 0 Å². The lowest BCUT2D eigenvalue weighted by Gasteiger charge is -2.01. The summed E-state index contributed by atoms with van der Waals surface area (Å²) in [4.78, 5) is 11.9. The normalized spacial score (nSPS) is 10.8. The summed E-state index contributed by atoms with van der Waals surface area (Å²) in [6.07, 6.45) is 0. The Hall–Kier alpha value is -1.97. The van der Waals surface area contributed by atoms with Gasteiger partial charge in [0.15, 0.2) is 0 Å². The number of carbonyl (C=O) groups is 1. The third kappa shape index (κ3) is 1.75. The Morgan fingerprint density at radius 2 is 2.12 bits per heavy atom. The molecule has 0 fully saturated rings. The Morgan fingerprint density at radius 3 is 2.76 bits per heavy atom. The first kappa shape index (κ1) is 11.5. The molecule has 2 rings (SSSR count). The highest BCUT2D eigenvalue weighted by molar-refractivity contribution is 6.06. The molecule has 4 heteroatoms. The average molecular weight is 232 g/mol. The first-order valence-electron chi connectivity index (χ1n) is 5.60. The molecule has 0 saturated carbocycles. The van der Waals surface area contributed by atoms with Crippen LogP contribution in [0.1, 0.15) is 28.5 Å². The lowest BCUT2D eigenvalue weighted by atomic mass is 10.1. The van der Waals surface area contributed by atoms with Crippen molar-refractivity contribution in [1.82, 2.24) is 4.68 Å². The van der Waals surface area contributed by atoms with Crippen LogP contribution in [0.3, 0.4) is 0 Å². The van der Waals surface area contributed by atoms with Crippen LogP contribution in [0, 0.1) is 13.8 Å². The molecule has 17 heavy (non-hydrogen) atoms. The van der Waals surface area contributed by atoms with E-state index in [0.717, 1.165) is 22.2 Å². The van der Waals surface area contributed by atoms with Crippen LogP contribution in [0.2, 0.25) is 0 Å². The first-order chi connectivity index (χ1) is 8.06. The zero-order valence-electron chi connectivity index (χ0n) is 10.3. The predicted octanol–water partition coefficient (Wildman–Crippen LogP) is 2.15. The number of benzene rings is 1. The number of nitrogens with zero attached hydrogens (tertiary/aromatic N) is 1. The van der Waals surface area contributed by atoms with Crippen molar-refractivity contribution in [3.8, 4) is 0 Å². The smallest absolute Gasteiger partial charge is 0.340 e. The molecule has 0 aliphatic rings. The van der Waals surface area contributed by atoms with Crippen LogP contribution in [-0.2, 0) is 4.74 Å². The van der Waals surface area contributed by atoms with Gasteiger partial charge in [-0.15, -0.1) is 0 Å². The fraction of sp³-hybridized carbons (Fsp3) is 0.308. The molecule has 0 aliphatic heterocycles. The Balaban J connectivity index is 2.71. The third-order valence-electron chi connectivity index (χ3n) is 2.88. The van der Waals surface area contributed by atoms with Crippen LogP contribution < -0.4 is 5.84 Å². The van der Waals surface area contributed by atoms with Crippen molar-refractivity contribution >= 4 is 16.9 Å². The number of esters is 1. The number of rotatable bonds is 2. The Kier molecular flexibility index (Phi) is 2.79. The summed E-state index contributed by atoms with van der Waals surface area (Å²) in [7, 11) is 0. The number of nitrogen functional groups attached to an aromatic ring is 1. The van der Waals surface area contributed by atoms with E-state index in [1.165, 1.54) is 4.68 Å². The number of carbonyl (C=O) groups excluding carboxylic acids is 1. The van der Waals surface area contributed by atoms with Crippen molar-refractivity contribution in [1.29, 1.82) is 0 Å². The lowest BCUT2D eigenvalue weighted by molar-refractivity contribution is 0.0527. The minimum atomic E-state index is -0.317. The zero-order valence-corrected chi connectivity index (χ0v) is 10.3. The zero-order chi connectivity index (χ0) is 12.6. The maximum absolute atomic E-state index is 11.9. The van der Waals surface area contributed by atoms with Crippen LogP contribution in [-0.4, -0.2) is 17.3 Å². The molecule has 0 aliphatic carbocycles. The number of aryl methyl sites for hydroxylation is 1. The van der Waals surface area contributed by atoms with Crippen molar-refractivity contribution in [2.24, 2.45) is 0 Å². The molecule has 1 heterocycles. The van der Waals surface area contributed by atoms with Crippen LogP contribution >= 0.6 is 0 Å². The maximum Gasteiger partial charge on any atom is 0.340 e. The van der Waals surface area contributed by atoms with E-state index in [4.69, 9.17) is 10.6 Å². The lowest BCUT2D eigenvalue weighted by Crippen LogP contribution is -2.12. The van der Waals surface area contributed by atoms with Gasteiger partial charge >= 0.3 is 5.97 Å². The standard InChI is InChI=1S/C13H16N2O2/c1-4-17-13(16)12-9(3)15(14)11-7-8(2)5-6-10(11)12/h5-7H,4,14H2,1-3H3. The van der Waals surface area contributed by atoms with Crippen LogP contribution in [0.15, 0.2) is 18.2 Å². The second-order valence-electron chi connectivity index (χ2n) is 4.07. The summed E-state index contributed by atoms with van der Waals surface area (Å²) in [5, 5.41) is 0.842. The molecule has 90 valence electrons. The predicted molar refractivity (Wildman–Crippen MR) is 67.5 cm³/mol. The van der Waals surface area contributed by atoms with Gasteiger partial charge in [-0.05, 0) is 32.4 Å². The van der Waals surface area contributed by atoms with Crippen molar-refractivity contribution in [3.63, 3.8) is 0 Å². The summed E-state index contributed by atoms with van der Waals surface area (Å²) in [6.45, 7) is 5.97. The molecule has 2 aromatic rings. The summed E-state index contributed by atoms with van der Waals surface area (Å²) < 4.78 is 6.59. The second kappa shape index (κ2) is 4.13. The van der Waals surface area contributed by atoms with Crippen molar-refractivity contribution in [2.75, 3.05) is 12.4 Å². The minimum absolute atomic E-state index is 0.317. The quantitative estimate of drug-likeness (QED) is 0.637. The van der Waals surface area contributed by atoms with E-state index in [1.54, 1.807) is 6.92 Å². The van der Waals surface area contributed by atoms with Crippen LogP contribution in [0.25, 0.3) is 10.9 Å². The second-order valence-corrected chi connectivity index (χ2v) is 4.07. The third-order valence-corrected chi connectivity index (χ3v) is 2.88. The Labute approximate surface area is 99.9 Å². The van der Waals surface area contributed by atoms with Gasteiger partial charge in [-0.1, -0.05) is 12.1 Å². The number of nitrogens with two attached hydrogens (primary N) is 1. The molecule has 0 saturated heterocycles.